The summed E-state index contributed by atoms with van der Waals surface area (Å²) in [4.78, 5) is 21.3. The molecule has 1 fully saturated rings. The summed E-state index contributed by atoms with van der Waals surface area (Å²) in [6.07, 6.45) is 5.23. The molecule has 1 aromatic heterocycles. The van der Waals surface area contributed by atoms with Gasteiger partial charge in [0.2, 0.25) is 0 Å². The number of hydrogen-bond acceptors (Lipinski definition) is 4. The molecule has 4 nitrogen and oxygen atoms in total. The fraction of sp³-hybridized carbons (Fsp3) is 0.360. The lowest BCUT2D eigenvalue weighted by Crippen LogP contribution is -2.41. The number of hydrogen-bond donors (Lipinski definition) is 0. The Morgan fingerprint density at radius 1 is 1.07 bits per heavy atom. The molecule has 0 spiro atoms. The maximum absolute atomic E-state index is 13.6. The van der Waals surface area contributed by atoms with Crippen molar-refractivity contribution >= 4 is 17.2 Å². The number of ether oxygens (including phenoxy) is 1. The summed E-state index contributed by atoms with van der Waals surface area (Å²) >= 11 is 1.60. The van der Waals surface area contributed by atoms with Crippen molar-refractivity contribution in [3.05, 3.63) is 71.4 Å². The first kappa shape index (κ1) is 20.6. The average Bonchev–Trinajstić information content (AvgIpc) is 3.02. The number of aromatic nitrogens is 1. The Bertz CT molecular complexity index is 956. The molecule has 2 heterocycles. The van der Waals surface area contributed by atoms with Crippen LogP contribution < -0.4 is 4.74 Å². The number of aryl methyl sites for hydroxylation is 1. The van der Waals surface area contributed by atoms with Crippen LogP contribution >= 0.6 is 11.3 Å². The molecule has 156 valence electrons. The Balaban J connectivity index is 1.52. The smallest absolute Gasteiger partial charge is 0.274 e. The quantitative estimate of drug-likeness (QED) is 0.493. The van der Waals surface area contributed by atoms with E-state index in [1.54, 1.807) is 11.3 Å². The van der Waals surface area contributed by atoms with Gasteiger partial charge in [0.05, 0.1) is 16.5 Å². The van der Waals surface area contributed by atoms with E-state index in [0.29, 0.717) is 12.3 Å². The minimum absolute atomic E-state index is 0.0600. The van der Waals surface area contributed by atoms with E-state index in [4.69, 9.17) is 4.74 Å². The Kier molecular flexibility index (Phi) is 6.80. The largest absolute Gasteiger partial charge is 0.494 e. The SMILES string of the molecule is Cc1nc(C(=O)N2CCCCCC2CCOc2ccccc2)c(-c2ccccc2)s1. The van der Waals surface area contributed by atoms with Gasteiger partial charge in [-0.2, -0.15) is 0 Å². The van der Waals surface area contributed by atoms with E-state index in [0.717, 1.165) is 53.4 Å². The molecule has 0 bridgehead atoms. The third-order valence-electron chi connectivity index (χ3n) is 5.57. The van der Waals surface area contributed by atoms with Crippen molar-refractivity contribution in [2.24, 2.45) is 0 Å². The third kappa shape index (κ3) is 4.90. The van der Waals surface area contributed by atoms with Gasteiger partial charge >= 0.3 is 0 Å². The van der Waals surface area contributed by atoms with Gasteiger partial charge in [0.15, 0.2) is 0 Å². The molecule has 4 rings (SSSR count). The van der Waals surface area contributed by atoms with E-state index in [-0.39, 0.29) is 11.9 Å². The van der Waals surface area contributed by atoms with Crippen LogP contribution in [0.25, 0.3) is 10.4 Å². The Morgan fingerprint density at radius 3 is 2.57 bits per heavy atom. The first-order valence-electron chi connectivity index (χ1n) is 10.7. The molecule has 30 heavy (non-hydrogen) atoms. The number of nitrogens with zero attached hydrogens (tertiary/aromatic N) is 2. The minimum Gasteiger partial charge on any atom is -0.494 e. The third-order valence-corrected chi connectivity index (χ3v) is 6.59. The van der Waals surface area contributed by atoms with E-state index >= 15 is 0 Å². The molecule has 0 N–H and O–H groups in total. The zero-order valence-electron chi connectivity index (χ0n) is 17.4. The zero-order chi connectivity index (χ0) is 20.8. The van der Waals surface area contributed by atoms with Crippen LogP contribution in [-0.4, -0.2) is 35.0 Å². The van der Waals surface area contributed by atoms with Crippen LogP contribution in [0.4, 0.5) is 0 Å². The second-order valence-corrected chi connectivity index (χ2v) is 8.93. The fourth-order valence-corrected chi connectivity index (χ4v) is 4.98. The Labute approximate surface area is 182 Å². The maximum atomic E-state index is 13.6. The molecule has 1 aliphatic heterocycles. The van der Waals surface area contributed by atoms with E-state index in [9.17, 15) is 4.79 Å². The molecule has 1 saturated heterocycles. The molecule has 2 aromatic carbocycles. The van der Waals surface area contributed by atoms with Crippen molar-refractivity contribution in [2.45, 2.75) is 45.1 Å². The van der Waals surface area contributed by atoms with Crippen molar-refractivity contribution in [3.63, 3.8) is 0 Å². The second kappa shape index (κ2) is 9.90. The summed E-state index contributed by atoms with van der Waals surface area (Å²) in [7, 11) is 0. The van der Waals surface area contributed by atoms with Gasteiger partial charge in [-0.25, -0.2) is 4.98 Å². The summed E-state index contributed by atoms with van der Waals surface area (Å²) in [6, 6.07) is 20.2. The number of carbonyl (C=O) groups is 1. The molecule has 1 unspecified atom stereocenters. The van der Waals surface area contributed by atoms with E-state index < -0.39 is 0 Å². The molecule has 0 aliphatic carbocycles. The number of rotatable bonds is 6. The molecular formula is C25H28N2O2S. The number of thiazole rings is 1. The molecular weight excluding hydrogens is 392 g/mol. The highest BCUT2D eigenvalue weighted by molar-refractivity contribution is 7.15. The second-order valence-electron chi connectivity index (χ2n) is 7.73. The van der Waals surface area contributed by atoms with Crippen molar-refractivity contribution < 1.29 is 9.53 Å². The molecule has 1 amide bonds. The van der Waals surface area contributed by atoms with Crippen LogP contribution in [0.1, 0.15) is 47.6 Å². The fourth-order valence-electron chi connectivity index (χ4n) is 4.07. The van der Waals surface area contributed by atoms with Crippen molar-refractivity contribution in [1.82, 2.24) is 9.88 Å². The summed E-state index contributed by atoms with van der Waals surface area (Å²) in [5.41, 5.74) is 1.66. The monoisotopic (exact) mass is 420 g/mol. The summed E-state index contributed by atoms with van der Waals surface area (Å²) < 4.78 is 5.93. The van der Waals surface area contributed by atoms with Crippen LogP contribution in [0.2, 0.25) is 0 Å². The Hall–Kier alpha value is -2.66. The highest BCUT2D eigenvalue weighted by atomic mass is 32.1. The lowest BCUT2D eigenvalue weighted by molar-refractivity contribution is 0.0653. The van der Waals surface area contributed by atoms with Crippen LogP contribution in [0.15, 0.2) is 60.7 Å². The van der Waals surface area contributed by atoms with Gasteiger partial charge in [0, 0.05) is 19.0 Å². The molecule has 0 radical (unpaired) electrons. The number of carbonyl (C=O) groups excluding carboxylic acids is 1. The zero-order valence-corrected chi connectivity index (χ0v) is 18.2. The molecule has 1 aliphatic rings. The predicted octanol–water partition coefficient (Wildman–Crippen LogP) is 5.97. The van der Waals surface area contributed by atoms with Gasteiger partial charge in [-0.05, 0) is 37.5 Å². The minimum atomic E-state index is 0.0600. The van der Waals surface area contributed by atoms with Crippen molar-refractivity contribution in [3.8, 4) is 16.2 Å². The van der Waals surface area contributed by atoms with Gasteiger partial charge in [-0.1, -0.05) is 61.4 Å². The van der Waals surface area contributed by atoms with E-state index in [2.05, 4.69) is 22.0 Å². The molecule has 5 heteroatoms. The van der Waals surface area contributed by atoms with Crippen molar-refractivity contribution in [1.29, 1.82) is 0 Å². The number of benzene rings is 2. The van der Waals surface area contributed by atoms with E-state index in [1.807, 2.05) is 55.5 Å². The van der Waals surface area contributed by atoms with Gasteiger partial charge in [0.25, 0.3) is 5.91 Å². The number of amides is 1. The Morgan fingerprint density at radius 2 is 1.80 bits per heavy atom. The van der Waals surface area contributed by atoms with Crippen LogP contribution in [-0.2, 0) is 0 Å². The van der Waals surface area contributed by atoms with Gasteiger partial charge in [-0.3, -0.25) is 4.79 Å². The van der Waals surface area contributed by atoms with E-state index in [1.165, 1.54) is 6.42 Å². The van der Waals surface area contributed by atoms with Gasteiger partial charge in [-0.15, -0.1) is 11.3 Å². The molecule has 3 aromatic rings. The summed E-state index contributed by atoms with van der Waals surface area (Å²) in [6.45, 7) is 3.38. The van der Waals surface area contributed by atoms with Crippen LogP contribution in [0.3, 0.4) is 0 Å². The number of likely N-dealkylation sites (tertiary alicyclic amines) is 1. The summed E-state index contributed by atoms with van der Waals surface area (Å²) in [5, 5.41) is 0.927. The first-order chi connectivity index (χ1) is 14.7. The van der Waals surface area contributed by atoms with Gasteiger partial charge in [0.1, 0.15) is 11.4 Å². The summed E-state index contributed by atoms with van der Waals surface area (Å²) in [5.74, 6) is 0.940. The maximum Gasteiger partial charge on any atom is 0.274 e. The van der Waals surface area contributed by atoms with Crippen LogP contribution in [0, 0.1) is 6.92 Å². The standard InChI is InChI=1S/C25H28N2O2S/c1-19-26-23(24(30-19)20-11-5-2-6-12-20)25(28)27-17-10-4-7-13-21(27)16-18-29-22-14-8-3-9-15-22/h2-3,5-6,8-9,11-12,14-15,21H,4,7,10,13,16-18H2,1H3. The molecule has 0 saturated carbocycles. The average molecular weight is 421 g/mol. The van der Waals surface area contributed by atoms with Crippen molar-refractivity contribution in [2.75, 3.05) is 13.2 Å². The lowest BCUT2D eigenvalue weighted by Gasteiger charge is -2.30. The first-order valence-corrected chi connectivity index (χ1v) is 11.6. The van der Waals surface area contributed by atoms with Gasteiger partial charge < -0.3 is 9.64 Å². The highest BCUT2D eigenvalue weighted by Crippen LogP contribution is 2.32. The van der Waals surface area contributed by atoms with Crippen LogP contribution in [0.5, 0.6) is 5.75 Å². The molecule has 1 atom stereocenters. The highest BCUT2D eigenvalue weighted by Gasteiger charge is 2.30. The topological polar surface area (TPSA) is 42.4 Å². The predicted molar refractivity (Wildman–Crippen MR) is 122 cm³/mol. The normalized spacial score (nSPS) is 16.8. The lowest BCUT2D eigenvalue weighted by atomic mass is 10.1. The number of para-hydroxylation sites is 1.